The summed E-state index contributed by atoms with van der Waals surface area (Å²) in [6.45, 7) is -0.988. The molecule has 372 valence electrons. The quantitative estimate of drug-likeness (QED) is 0.0264. The highest BCUT2D eigenvalue weighted by Gasteiger charge is 2.70. The number of nitrogen functional groups attached to an aromatic ring is 1. The van der Waals surface area contributed by atoms with E-state index in [9.17, 15) is 93.6 Å². The maximum Gasteiger partial charge on any atom is 0.481 e. The Kier molecular flexibility index (Phi) is 18.1. The van der Waals surface area contributed by atoms with E-state index < -0.39 is 144 Å². The Bertz CT molecular complexity index is 2170. The summed E-state index contributed by atoms with van der Waals surface area (Å²) in [6.07, 6.45) is -11.6. The van der Waals surface area contributed by atoms with Gasteiger partial charge in [0.1, 0.15) is 36.3 Å². The van der Waals surface area contributed by atoms with E-state index in [1.807, 2.05) is 0 Å². The summed E-state index contributed by atoms with van der Waals surface area (Å²) in [7, 11) is -16.7. The Balaban J connectivity index is 1.47. The van der Waals surface area contributed by atoms with Crippen LogP contribution in [0, 0.1) is 5.41 Å². The van der Waals surface area contributed by atoms with Crippen LogP contribution in [0.2, 0.25) is 0 Å². The molecule has 0 aliphatic carbocycles. The van der Waals surface area contributed by atoms with Crippen molar-refractivity contribution >= 4 is 69.1 Å². The zero-order valence-corrected chi connectivity index (χ0v) is 36.6. The minimum atomic E-state index is -5.68. The lowest BCUT2D eigenvalue weighted by molar-refractivity contribution is -0.489. The number of aromatic nitrogens is 4. The molecule has 38 heteroatoms. The van der Waals surface area contributed by atoms with E-state index in [0.29, 0.717) is 0 Å². The van der Waals surface area contributed by atoms with Gasteiger partial charge >= 0.3 is 29.4 Å². The van der Waals surface area contributed by atoms with Crippen molar-refractivity contribution < 1.29 is 132 Å². The normalized spacial score (nSPS) is 21.9. The number of fused-ring (bicyclic) bond motifs is 1. The van der Waals surface area contributed by atoms with Gasteiger partial charge in [-0.15, -0.1) is 0 Å². The molecule has 65 heavy (non-hydrogen) atoms. The molecule has 20 N–H and O–H groups in total. The molecule has 0 saturated carbocycles. The lowest BCUT2D eigenvalue weighted by Gasteiger charge is -2.44. The first-order valence-electron chi connectivity index (χ1n) is 17.6. The van der Waals surface area contributed by atoms with Crippen molar-refractivity contribution in [2.24, 2.45) is 5.41 Å². The number of nitrogens with one attached hydrogen (secondary N) is 2. The van der Waals surface area contributed by atoms with E-state index in [-0.39, 0.29) is 28.7 Å². The van der Waals surface area contributed by atoms with Gasteiger partial charge in [-0.3, -0.25) is 32.5 Å². The summed E-state index contributed by atoms with van der Waals surface area (Å²) < 4.78 is 61.8. The molecule has 1 fully saturated rings. The highest BCUT2D eigenvalue weighted by molar-refractivity contribution is 8.13. The third kappa shape index (κ3) is 14.1. The smallest absolute Gasteiger partial charge is 0.386 e. The van der Waals surface area contributed by atoms with Crippen LogP contribution in [0.25, 0.3) is 11.2 Å². The van der Waals surface area contributed by atoms with Crippen LogP contribution in [0.5, 0.6) is 0 Å². The number of phosphoric ester groups is 3. The lowest BCUT2D eigenvalue weighted by Crippen LogP contribution is -2.77. The van der Waals surface area contributed by atoms with E-state index in [1.54, 1.807) is 0 Å². The lowest BCUT2D eigenvalue weighted by atomic mass is 9.87. The summed E-state index contributed by atoms with van der Waals surface area (Å²) >= 11 is -0.172. The van der Waals surface area contributed by atoms with Crippen LogP contribution in [0.4, 0.5) is 5.82 Å². The van der Waals surface area contributed by atoms with Crippen LogP contribution in [-0.4, -0.2) is 203 Å². The van der Waals surface area contributed by atoms with Crippen LogP contribution in [0.15, 0.2) is 12.7 Å². The minimum absolute atomic E-state index is 0.0211. The average Bonchev–Trinajstić information content (AvgIpc) is 3.73. The molecule has 3 heterocycles. The van der Waals surface area contributed by atoms with Crippen molar-refractivity contribution in [3.05, 3.63) is 12.7 Å². The van der Waals surface area contributed by atoms with Crippen molar-refractivity contribution in [1.29, 1.82) is 0 Å². The zero-order chi connectivity index (χ0) is 49.9. The Morgan fingerprint density at radius 2 is 1.52 bits per heavy atom. The second kappa shape index (κ2) is 20.8. The van der Waals surface area contributed by atoms with Gasteiger partial charge in [0, 0.05) is 30.7 Å². The fourth-order valence-electron chi connectivity index (χ4n) is 5.23. The number of aliphatic hydroxyl groups is 12. The number of anilines is 1. The van der Waals surface area contributed by atoms with Crippen molar-refractivity contribution in [3.63, 3.8) is 0 Å². The highest BCUT2D eigenvalue weighted by atomic mass is 32.2. The van der Waals surface area contributed by atoms with Gasteiger partial charge in [0.25, 0.3) is 22.5 Å². The minimum Gasteiger partial charge on any atom is -0.386 e. The van der Waals surface area contributed by atoms with Crippen molar-refractivity contribution in [2.45, 2.75) is 80.4 Å². The number of imidazole rings is 1. The van der Waals surface area contributed by atoms with E-state index in [0.717, 1.165) is 31.1 Å². The monoisotopic (exact) mass is 1030 g/mol. The van der Waals surface area contributed by atoms with E-state index in [2.05, 4.69) is 43.5 Å². The molecule has 0 bridgehead atoms. The number of nitrogens with two attached hydrogens (primary N) is 1. The summed E-state index contributed by atoms with van der Waals surface area (Å²) in [5.41, 5.74) is 3.97. The molecule has 0 aromatic carbocycles. The first kappa shape index (κ1) is 56.5. The number of amides is 2. The number of phosphoric acid groups is 3. The first-order valence-corrected chi connectivity index (χ1v) is 23.1. The van der Waals surface area contributed by atoms with E-state index >= 15 is 0 Å². The van der Waals surface area contributed by atoms with Gasteiger partial charge in [0.2, 0.25) is 11.8 Å². The molecule has 2 aromatic heterocycles. The molecule has 8 atom stereocenters. The summed E-state index contributed by atoms with van der Waals surface area (Å²) in [5, 5.41) is 118. The van der Waals surface area contributed by atoms with Gasteiger partial charge in [-0.2, -0.15) is 4.31 Å². The third-order valence-corrected chi connectivity index (χ3v) is 12.8. The zero-order valence-electron chi connectivity index (χ0n) is 33.1. The van der Waals surface area contributed by atoms with Crippen LogP contribution in [0.3, 0.4) is 0 Å². The number of carbonyl (C=O) groups excluding carboxylic acids is 3. The molecule has 0 radical (unpaired) electrons. The van der Waals surface area contributed by atoms with Crippen molar-refractivity contribution in [1.82, 2.24) is 30.2 Å². The molecule has 2 amide bonds. The number of carbonyl (C=O) groups is 3. The Morgan fingerprint density at radius 1 is 0.923 bits per heavy atom. The van der Waals surface area contributed by atoms with Crippen LogP contribution in [-0.2, 0) is 50.7 Å². The molecule has 3 rings (SSSR count). The fraction of sp³-hybridized carbons (Fsp3) is 0.704. The molecule has 0 spiro atoms. The van der Waals surface area contributed by atoms with Gasteiger partial charge < -0.3 is 102 Å². The second-order valence-electron chi connectivity index (χ2n) is 14.4. The molecule has 1 aliphatic rings. The summed E-state index contributed by atoms with van der Waals surface area (Å²) in [5.74, 6) is -21.4. The van der Waals surface area contributed by atoms with Gasteiger partial charge in [0.15, 0.2) is 23.8 Å². The maximum atomic E-state index is 12.7. The van der Waals surface area contributed by atoms with Gasteiger partial charge in [0.05, 0.1) is 19.5 Å². The third-order valence-electron chi connectivity index (χ3n) is 8.77. The fourth-order valence-corrected chi connectivity index (χ4v) is 8.80. The first-order chi connectivity index (χ1) is 29.4. The van der Waals surface area contributed by atoms with Gasteiger partial charge in [-0.05, 0) is 0 Å². The largest absolute Gasteiger partial charge is 0.481 e. The second-order valence-corrected chi connectivity index (χ2v) is 19.7. The number of hydrogen-bond acceptors (Lipinski definition) is 28. The molecular formula is C27H46N7O27P3S. The van der Waals surface area contributed by atoms with E-state index in [1.165, 1.54) is 0 Å². The van der Waals surface area contributed by atoms with Crippen LogP contribution in [0.1, 0.15) is 26.5 Å². The number of nitrogens with zero attached hydrogens (tertiary/aromatic N) is 4. The number of aliphatic hydroxyl groups excluding tert-OH is 3. The number of thioether (sulfide) groups is 1. The highest BCUT2D eigenvalue weighted by Crippen LogP contribution is 2.61. The van der Waals surface area contributed by atoms with Crippen molar-refractivity contribution in [3.8, 4) is 0 Å². The summed E-state index contributed by atoms with van der Waals surface area (Å²) in [6, 6.07) is 0. The predicted octanol–water partition coefficient (Wildman–Crippen LogP) is -8.30. The van der Waals surface area contributed by atoms with Crippen LogP contribution < -0.4 is 16.4 Å². The molecular weight excluding hydrogens is 979 g/mol. The Hall–Kier alpha value is -2.84. The Labute approximate surface area is 366 Å². The van der Waals surface area contributed by atoms with Gasteiger partial charge in [-0.1, -0.05) is 25.6 Å². The molecule has 1 saturated heterocycles. The maximum absolute atomic E-state index is 12.7. The average molecular weight is 1030 g/mol. The SMILES string of the molecule is CC(C)(COP(=O)(O)OP(=O)(O)OC[C@H]1O[C@@H](n2cnc3c(N)ncnc32)[C@H](O)[C@@H]1OP(=O)(O)O)[C@@H](O)C(=O)NCCC(=O)NCCSC(=O)C(O)(O)C(O)(O)C(O)(O)C(O)C(O)(O)O. The van der Waals surface area contributed by atoms with Gasteiger partial charge in [-0.25, -0.2) is 28.6 Å². The standard InChI is InChI=1S/C27H46N7O27P3S/c1-23(2,16(37)19(38)30-4-3-12(35)29-5-6-65-22(40)25(43,44)27(48,49)24(41,42)21(39)26(45,46)47)8-58-64(55,56)61-63(53,54)57-7-11-15(60-62(50,51)52)14(36)20(59-11)34-10-33-13-17(28)31-9-32-18(13)34/h9-11,14-16,20-21,36-37,39,41-49H,3-8H2,1-2H3,(H,29,35)(H,30,38)(H,53,54)(H,55,56)(H2,28,31,32)(H2,50,51,52)/t11-,14-,15-,16+,20-,21?/m1/s1. The van der Waals surface area contributed by atoms with Crippen LogP contribution >= 0.6 is 35.2 Å². The topological polar surface area (TPSA) is 566 Å². The number of ether oxygens (including phenoxy) is 1. The predicted molar refractivity (Wildman–Crippen MR) is 204 cm³/mol. The molecule has 34 nitrogen and oxygen atoms in total. The van der Waals surface area contributed by atoms with E-state index in [4.69, 9.17) is 25.8 Å². The van der Waals surface area contributed by atoms with Crippen molar-refractivity contribution in [2.75, 3.05) is 37.8 Å². The number of hydrogen-bond donors (Lipinski definition) is 19. The number of rotatable bonds is 24. The molecule has 2 aromatic rings. The Morgan fingerprint density at radius 3 is 2.11 bits per heavy atom. The summed E-state index contributed by atoms with van der Waals surface area (Å²) in [4.78, 5) is 87.8. The molecule has 3 unspecified atom stereocenters. The molecule has 1 aliphatic heterocycles.